The molecule has 23 heavy (non-hydrogen) atoms. The lowest BCUT2D eigenvalue weighted by atomic mass is 10.1. The molecule has 1 saturated heterocycles. The van der Waals surface area contributed by atoms with Gasteiger partial charge in [0.1, 0.15) is 18.0 Å². The topological polar surface area (TPSA) is 123 Å². The van der Waals surface area contributed by atoms with E-state index < -0.39 is 39.9 Å². The zero-order valence-electron chi connectivity index (χ0n) is 12.4. The Bertz CT molecular complexity index is 742. The predicted octanol–water partition coefficient (Wildman–Crippen LogP) is -0.993. The molecule has 0 bridgehead atoms. The van der Waals surface area contributed by atoms with E-state index in [4.69, 9.17) is 0 Å². The zero-order valence-corrected chi connectivity index (χ0v) is 13.2. The maximum Gasteiger partial charge on any atom is 0.326 e. The molecular weight excluding hydrogens is 329 g/mol. The second-order valence-electron chi connectivity index (χ2n) is 4.66. The summed E-state index contributed by atoms with van der Waals surface area (Å²) in [5.74, 6) is -1.87. The van der Waals surface area contributed by atoms with Gasteiger partial charge in [-0.15, -0.1) is 0 Å². The van der Waals surface area contributed by atoms with Crippen molar-refractivity contribution in [1.82, 2.24) is 15.4 Å². The van der Waals surface area contributed by atoms with E-state index >= 15 is 0 Å². The fraction of sp³-hybridized carbons (Fsp3) is 0.333. The van der Waals surface area contributed by atoms with Crippen molar-refractivity contribution >= 4 is 27.8 Å². The first kappa shape index (κ1) is 16.8. The lowest BCUT2D eigenvalue weighted by Crippen LogP contribution is -2.34. The SMILES string of the molecule is CN=C(NC)NCc1cc(O)c(N2CC(=O)NS2(=O)=O)c(F)c1. The largest absolute Gasteiger partial charge is 0.506 e. The summed E-state index contributed by atoms with van der Waals surface area (Å²) in [4.78, 5) is 15.1. The van der Waals surface area contributed by atoms with Crippen LogP contribution in [0.3, 0.4) is 0 Å². The van der Waals surface area contributed by atoms with Crippen molar-refractivity contribution in [2.45, 2.75) is 6.54 Å². The number of hydrogen-bond donors (Lipinski definition) is 4. The summed E-state index contributed by atoms with van der Waals surface area (Å²) in [6.07, 6.45) is 0. The Hall–Kier alpha value is -2.56. The number of nitrogens with zero attached hydrogens (tertiary/aromatic N) is 2. The number of nitrogens with one attached hydrogen (secondary N) is 3. The van der Waals surface area contributed by atoms with Gasteiger partial charge in [-0.3, -0.25) is 9.79 Å². The molecule has 0 aliphatic carbocycles. The molecule has 0 atom stereocenters. The highest BCUT2D eigenvalue weighted by Crippen LogP contribution is 2.34. The Balaban J connectivity index is 2.30. The summed E-state index contributed by atoms with van der Waals surface area (Å²) in [5.41, 5.74) is -0.193. The van der Waals surface area contributed by atoms with Crippen molar-refractivity contribution in [3.63, 3.8) is 0 Å². The van der Waals surface area contributed by atoms with Gasteiger partial charge in [-0.2, -0.15) is 8.42 Å². The number of hydrogen-bond acceptors (Lipinski definition) is 5. The number of amides is 1. The van der Waals surface area contributed by atoms with E-state index in [-0.39, 0.29) is 6.54 Å². The van der Waals surface area contributed by atoms with Crippen LogP contribution in [0.25, 0.3) is 0 Å². The summed E-state index contributed by atoms with van der Waals surface area (Å²) >= 11 is 0. The zero-order chi connectivity index (χ0) is 17.2. The number of rotatable bonds is 3. The molecule has 1 aromatic rings. The third-order valence-corrected chi connectivity index (χ3v) is 4.47. The Labute approximate surface area is 132 Å². The van der Waals surface area contributed by atoms with Crippen LogP contribution in [-0.2, 0) is 21.5 Å². The molecule has 9 nitrogen and oxygen atoms in total. The molecule has 2 rings (SSSR count). The number of phenolic OH excluding ortho intramolecular Hbond substituents is 1. The first-order valence-corrected chi connectivity index (χ1v) is 7.95. The van der Waals surface area contributed by atoms with Gasteiger partial charge in [-0.05, 0) is 17.7 Å². The Kier molecular flexibility index (Phi) is 4.59. The van der Waals surface area contributed by atoms with Crippen molar-refractivity contribution in [1.29, 1.82) is 0 Å². The minimum Gasteiger partial charge on any atom is -0.506 e. The number of aliphatic imine (C=N–C) groups is 1. The summed E-state index contributed by atoms with van der Waals surface area (Å²) in [6, 6.07) is 2.29. The third kappa shape index (κ3) is 3.44. The van der Waals surface area contributed by atoms with Crippen LogP contribution >= 0.6 is 0 Å². The van der Waals surface area contributed by atoms with Crippen LogP contribution in [-0.4, -0.2) is 46.0 Å². The molecule has 0 radical (unpaired) electrons. The van der Waals surface area contributed by atoms with Gasteiger partial charge in [0.25, 0.3) is 5.91 Å². The molecule has 0 saturated carbocycles. The monoisotopic (exact) mass is 345 g/mol. The van der Waals surface area contributed by atoms with Crippen LogP contribution in [0, 0.1) is 5.82 Å². The summed E-state index contributed by atoms with van der Waals surface area (Å²) in [5, 5.41) is 15.6. The molecule has 0 unspecified atom stereocenters. The minimum atomic E-state index is -4.19. The van der Waals surface area contributed by atoms with Crippen molar-refractivity contribution in [3.8, 4) is 5.75 Å². The molecule has 1 aromatic carbocycles. The summed E-state index contributed by atoms with van der Waals surface area (Å²) < 4.78 is 39.9. The molecule has 1 aliphatic rings. The first-order valence-electron chi connectivity index (χ1n) is 6.51. The average Bonchev–Trinajstić information content (AvgIpc) is 2.72. The number of carbonyl (C=O) groups is 1. The van der Waals surface area contributed by atoms with Crippen LogP contribution in [0.5, 0.6) is 5.75 Å². The second kappa shape index (κ2) is 6.28. The van der Waals surface area contributed by atoms with Crippen molar-refractivity contribution in [2.24, 2.45) is 4.99 Å². The van der Waals surface area contributed by atoms with Crippen molar-refractivity contribution < 1.29 is 22.7 Å². The normalized spacial score (nSPS) is 17.1. The van der Waals surface area contributed by atoms with Gasteiger partial charge in [-0.25, -0.2) is 13.4 Å². The molecule has 11 heteroatoms. The van der Waals surface area contributed by atoms with Crippen LogP contribution in [0.4, 0.5) is 10.1 Å². The highest BCUT2D eigenvalue weighted by Gasteiger charge is 2.37. The quantitative estimate of drug-likeness (QED) is 0.412. The highest BCUT2D eigenvalue weighted by atomic mass is 32.2. The predicted molar refractivity (Wildman–Crippen MR) is 81.7 cm³/mol. The Morgan fingerprint density at radius 1 is 1.52 bits per heavy atom. The van der Waals surface area contributed by atoms with Crippen LogP contribution in [0.1, 0.15) is 5.56 Å². The lowest BCUT2D eigenvalue weighted by molar-refractivity contribution is -0.117. The van der Waals surface area contributed by atoms with E-state index in [0.29, 0.717) is 15.8 Å². The number of carbonyl (C=O) groups excluding carboxylic acids is 1. The molecule has 1 heterocycles. The maximum atomic E-state index is 14.2. The van der Waals surface area contributed by atoms with Gasteiger partial charge < -0.3 is 15.7 Å². The van der Waals surface area contributed by atoms with E-state index in [1.54, 1.807) is 18.8 Å². The maximum absolute atomic E-state index is 14.2. The van der Waals surface area contributed by atoms with E-state index in [9.17, 15) is 22.7 Å². The number of aromatic hydroxyl groups is 1. The molecule has 1 aliphatic heterocycles. The number of halogens is 1. The first-order chi connectivity index (χ1) is 10.8. The highest BCUT2D eigenvalue weighted by molar-refractivity contribution is 7.92. The van der Waals surface area contributed by atoms with Crippen molar-refractivity contribution in [2.75, 3.05) is 24.9 Å². The third-order valence-electron chi connectivity index (χ3n) is 3.09. The van der Waals surface area contributed by atoms with Crippen LogP contribution < -0.4 is 19.7 Å². The summed E-state index contributed by atoms with van der Waals surface area (Å²) in [6.45, 7) is -0.432. The van der Waals surface area contributed by atoms with Crippen molar-refractivity contribution in [3.05, 3.63) is 23.5 Å². The van der Waals surface area contributed by atoms with Gasteiger partial charge >= 0.3 is 10.2 Å². The van der Waals surface area contributed by atoms with E-state index in [1.807, 2.05) is 0 Å². The van der Waals surface area contributed by atoms with Gasteiger partial charge in [0.05, 0.1) is 0 Å². The van der Waals surface area contributed by atoms with Gasteiger partial charge in [-0.1, -0.05) is 0 Å². The molecule has 0 aromatic heterocycles. The van der Waals surface area contributed by atoms with E-state index in [1.165, 1.54) is 6.07 Å². The minimum absolute atomic E-state index is 0.155. The van der Waals surface area contributed by atoms with Gasteiger partial charge in [0.2, 0.25) is 0 Å². The molecule has 1 fully saturated rings. The van der Waals surface area contributed by atoms with Crippen LogP contribution in [0.15, 0.2) is 17.1 Å². The molecule has 1 amide bonds. The second-order valence-corrected chi connectivity index (χ2v) is 6.25. The van der Waals surface area contributed by atoms with Crippen LogP contribution in [0.2, 0.25) is 0 Å². The smallest absolute Gasteiger partial charge is 0.326 e. The standard InChI is InChI=1S/C12H16FN5O4S/c1-14-12(15-2)16-5-7-3-8(13)11(9(19)4-7)18-6-10(20)17-23(18,21)22/h3-4,19H,5-6H2,1-2H3,(H,17,20)(H2,14,15,16). The fourth-order valence-corrected chi connectivity index (χ4v) is 3.27. The number of phenols is 1. The van der Waals surface area contributed by atoms with Gasteiger partial charge in [0.15, 0.2) is 11.8 Å². The molecule has 4 N–H and O–H groups in total. The number of anilines is 1. The number of benzene rings is 1. The van der Waals surface area contributed by atoms with Gasteiger partial charge in [0, 0.05) is 20.6 Å². The fourth-order valence-electron chi connectivity index (χ4n) is 2.10. The number of guanidine groups is 1. The summed E-state index contributed by atoms with van der Waals surface area (Å²) in [7, 11) is -0.982. The molecule has 0 spiro atoms. The van der Waals surface area contributed by atoms with E-state index in [2.05, 4.69) is 15.6 Å². The Morgan fingerprint density at radius 2 is 2.22 bits per heavy atom. The Morgan fingerprint density at radius 3 is 2.70 bits per heavy atom. The van der Waals surface area contributed by atoms with E-state index in [0.717, 1.165) is 6.07 Å². The average molecular weight is 345 g/mol. The molecule has 126 valence electrons. The molecular formula is C12H16FN5O4S. The lowest BCUT2D eigenvalue weighted by Gasteiger charge is -2.18.